The van der Waals surface area contributed by atoms with Crippen molar-refractivity contribution in [1.82, 2.24) is 10.2 Å². The molecule has 3 heterocycles. The summed E-state index contributed by atoms with van der Waals surface area (Å²) in [5.41, 5.74) is 1.97. The van der Waals surface area contributed by atoms with Crippen LogP contribution in [0.2, 0.25) is 0 Å². The summed E-state index contributed by atoms with van der Waals surface area (Å²) in [6, 6.07) is 7.54. The van der Waals surface area contributed by atoms with Gasteiger partial charge in [0.2, 0.25) is 11.8 Å². The lowest BCUT2D eigenvalue weighted by Crippen LogP contribution is -2.47. The molecule has 5 rings (SSSR count). The van der Waals surface area contributed by atoms with E-state index in [0.29, 0.717) is 35.6 Å². The van der Waals surface area contributed by atoms with Crippen molar-refractivity contribution >= 4 is 17.4 Å². The van der Waals surface area contributed by atoms with E-state index in [-0.39, 0.29) is 17.1 Å². The van der Waals surface area contributed by atoms with Gasteiger partial charge in [-0.1, -0.05) is 32.0 Å². The number of aryl methyl sites for hydroxylation is 1. The highest BCUT2D eigenvalue weighted by molar-refractivity contribution is 6.19. The van der Waals surface area contributed by atoms with Crippen molar-refractivity contribution in [3.05, 3.63) is 52.4 Å². The van der Waals surface area contributed by atoms with Crippen LogP contribution < -0.4 is 10.1 Å². The number of nitrogens with zero attached hydrogens (tertiary/aromatic N) is 1. The van der Waals surface area contributed by atoms with E-state index in [2.05, 4.69) is 15.5 Å². The Morgan fingerprint density at radius 3 is 2.73 bits per heavy atom. The summed E-state index contributed by atoms with van der Waals surface area (Å²) in [5.74, 6) is 0.707. The second-order valence-corrected chi connectivity index (χ2v) is 8.12. The number of carbonyl (C=O) groups excluding carboxylic acids is 2. The van der Waals surface area contributed by atoms with Gasteiger partial charge in [-0.3, -0.25) is 14.7 Å². The van der Waals surface area contributed by atoms with Crippen molar-refractivity contribution in [2.75, 3.05) is 5.32 Å². The fourth-order valence-electron chi connectivity index (χ4n) is 4.69. The zero-order valence-corrected chi connectivity index (χ0v) is 14.9. The normalized spacial score (nSPS) is 25.5. The lowest BCUT2D eigenvalue weighted by molar-refractivity contribution is -0.124. The molecule has 3 aliphatic rings. The molecule has 0 saturated carbocycles. The number of rotatable bonds is 0. The van der Waals surface area contributed by atoms with Crippen molar-refractivity contribution in [2.24, 2.45) is 5.41 Å². The first-order valence-corrected chi connectivity index (χ1v) is 8.76. The number of fused-ring (bicyclic) bond motifs is 5. The number of hydrogen-bond acceptors (Lipinski definition) is 4. The molecule has 2 aliphatic heterocycles. The van der Waals surface area contributed by atoms with E-state index in [4.69, 9.17) is 4.74 Å². The summed E-state index contributed by atoms with van der Waals surface area (Å²) in [7, 11) is 0. The van der Waals surface area contributed by atoms with Gasteiger partial charge in [0.05, 0.1) is 11.1 Å². The Bertz CT molecular complexity index is 1030. The average Bonchev–Trinajstić information content (AvgIpc) is 3.05. The number of para-hydroxylation sites is 1. The molecular formula is C20H19N3O3. The lowest BCUT2D eigenvalue weighted by atomic mass is 9.62. The van der Waals surface area contributed by atoms with Gasteiger partial charge in [-0.25, -0.2) is 0 Å². The van der Waals surface area contributed by atoms with Gasteiger partial charge < -0.3 is 10.1 Å². The van der Waals surface area contributed by atoms with E-state index in [1.807, 2.05) is 45.0 Å². The van der Waals surface area contributed by atoms with Gasteiger partial charge in [0.25, 0.3) is 0 Å². The molecule has 1 aromatic carbocycles. The molecule has 2 N–H and O–H groups in total. The zero-order valence-electron chi connectivity index (χ0n) is 14.9. The Kier molecular flexibility index (Phi) is 2.74. The van der Waals surface area contributed by atoms with Crippen LogP contribution >= 0.6 is 0 Å². The highest BCUT2D eigenvalue weighted by atomic mass is 16.5. The Hall–Kier alpha value is -2.89. The largest absolute Gasteiger partial charge is 0.441 e. The van der Waals surface area contributed by atoms with Crippen molar-refractivity contribution in [2.45, 2.75) is 39.0 Å². The predicted molar refractivity (Wildman–Crippen MR) is 94.9 cm³/mol. The molecule has 1 atom stereocenters. The number of hydrogen-bond donors (Lipinski definition) is 2. The molecule has 1 spiro atoms. The van der Waals surface area contributed by atoms with Crippen molar-refractivity contribution < 1.29 is 14.3 Å². The number of nitrogens with one attached hydrogen (secondary N) is 2. The van der Waals surface area contributed by atoms with E-state index >= 15 is 0 Å². The number of aromatic amines is 1. The van der Waals surface area contributed by atoms with Crippen LogP contribution in [0.4, 0.5) is 5.69 Å². The lowest BCUT2D eigenvalue weighted by Gasteiger charge is -2.41. The number of anilines is 1. The van der Waals surface area contributed by atoms with Gasteiger partial charge in [-0.2, -0.15) is 0 Å². The van der Waals surface area contributed by atoms with Crippen molar-refractivity contribution in [1.29, 1.82) is 0 Å². The number of carbonyl (C=O) groups is 2. The molecule has 1 aromatic heterocycles. The summed E-state index contributed by atoms with van der Waals surface area (Å²) < 4.78 is 6.05. The van der Waals surface area contributed by atoms with E-state index in [1.54, 1.807) is 0 Å². The Morgan fingerprint density at radius 1 is 1.15 bits per heavy atom. The summed E-state index contributed by atoms with van der Waals surface area (Å²) in [4.78, 5) is 26.6. The van der Waals surface area contributed by atoms with Crippen molar-refractivity contribution in [3.8, 4) is 5.88 Å². The van der Waals surface area contributed by atoms with Crippen LogP contribution in [0.1, 0.15) is 43.5 Å². The molecule has 132 valence electrons. The van der Waals surface area contributed by atoms with Gasteiger partial charge in [0.15, 0.2) is 5.78 Å². The van der Waals surface area contributed by atoms with E-state index < -0.39 is 5.41 Å². The average molecular weight is 349 g/mol. The summed E-state index contributed by atoms with van der Waals surface area (Å²) in [6.45, 7) is 5.94. The maximum atomic E-state index is 13.4. The molecule has 1 unspecified atom stereocenters. The van der Waals surface area contributed by atoms with Gasteiger partial charge in [-0.15, -0.1) is 5.10 Å². The van der Waals surface area contributed by atoms with Crippen LogP contribution in [0.3, 0.4) is 0 Å². The molecule has 0 saturated heterocycles. The molecule has 0 radical (unpaired) electrons. The third kappa shape index (κ3) is 1.69. The predicted octanol–water partition coefficient (Wildman–Crippen LogP) is 2.99. The molecule has 26 heavy (non-hydrogen) atoms. The van der Waals surface area contributed by atoms with E-state index in [9.17, 15) is 9.59 Å². The van der Waals surface area contributed by atoms with Crippen molar-refractivity contribution in [3.63, 3.8) is 0 Å². The highest BCUT2D eigenvalue weighted by Crippen LogP contribution is 2.57. The Morgan fingerprint density at radius 2 is 1.92 bits per heavy atom. The third-order valence-electron chi connectivity index (χ3n) is 5.64. The first-order valence-electron chi connectivity index (χ1n) is 8.76. The quantitative estimate of drug-likeness (QED) is 0.766. The minimum atomic E-state index is -1.19. The summed E-state index contributed by atoms with van der Waals surface area (Å²) >= 11 is 0. The van der Waals surface area contributed by atoms with Crippen LogP contribution in [0.25, 0.3) is 0 Å². The SMILES string of the molecule is Cc1[nH]nc2c1C1(C(=O)Nc3ccccc31)C1=C(CC(C)(C)CC1=O)O2. The van der Waals surface area contributed by atoms with Gasteiger partial charge >= 0.3 is 0 Å². The first kappa shape index (κ1) is 15.4. The smallest absolute Gasteiger partial charge is 0.244 e. The minimum absolute atomic E-state index is 0.0330. The number of Topliss-reactive ketones (excluding diaryl/α,β-unsaturated/α-hetero) is 1. The molecule has 0 bridgehead atoms. The summed E-state index contributed by atoms with van der Waals surface area (Å²) in [6.07, 6.45) is 0.981. The fraction of sp³-hybridized carbons (Fsp3) is 0.350. The highest BCUT2D eigenvalue weighted by Gasteiger charge is 2.60. The number of H-pyrrole nitrogens is 1. The first-order chi connectivity index (χ1) is 12.3. The molecule has 6 nitrogen and oxygen atoms in total. The standard InChI is InChI=1S/C20H19N3O3/c1-10-15-17(23-22-10)26-14-9-19(2,3)8-13(24)16(14)20(15)11-6-4-5-7-12(11)21-18(20)25/h4-7H,8-9H2,1-3H3,(H,21,25)(H,22,23). The van der Waals surface area contributed by atoms with Crippen LogP contribution in [-0.2, 0) is 15.0 Å². The summed E-state index contributed by atoms with van der Waals surface area (Å²) in [5, 5.41) is 10.2. The van der Waals surface area contributed by atoms with E-state index in [1.165, 1.54) is 0 Å². The van der Waals surface area contributed by atoms with Crippen LogP contribution in [0.15, 0.2) is 35.6 Å². The fourth-order valence-corrected chi connectivity index (χ4v) is 4.69. The monoisotopic (exact) mass is 349 g/mol. The number of ether oxygens (including phenoxy) is 1. The second-order valence-electron chi connectivity index (χ2n) is 8.12. The minimum Gasteiger partial charge on any atom is -0.441 e. The Balaban J connectivity index is 1.91. The molecule has 1 amide bonds. The number of allylic oxidation sites excluding steroid dienone is 1. The van der Waals surface area contributed by atoms with Gasteiger partial charge in [0.1, 0.15) is 11.2 Å². The topological polar surface area (TPSA) is 84.1 Å². The van der Waals surface area contributed by atoms with E-state index in [0.717, 1.165) is 16.9 Å². The maximum Gasteiger partial charge on any atom is 0.244 e. The third-order valence-corrected chi connectivity index (χ3v) is 5.64. The van der Waals surface area contributed by atoms with Crippen LogP contribution in [0, 0.1) is 12.3 Å². The molecular weight excluding hydrogens is 330 g/mol. The second kappa shape index (κ2) is 4.63. The molecule has 2 aromatic rings. The van der Waals surface area contributed by atoms with Crippen LogP contribution in [-0.4, -0.2) is 21.9 Å². The number of ketones is 1. The maximum absolute atomic E-state index is 13.4. The number of amides is 1. The molecule has 0 fully saturated rings. The molecule has 6 heteroatoms. The number of aromatic nitrogens is 2. The molecule has 1 aliphatic carbocycles. The number of benzene rings is 1. The van der Waals surface area contributed by atoms with Gasteiger partial charge in [-0.05, 0) is 18.4 Å². The van der Waals surface area contributed by atoms with Gasteiger partial charge in [0, 0.05) is 29.8 Å². The zero-order chi connectivity index (χ0) is 18.3. The van der Waals surface area contributed by atoms with Crippen LogP contribution in [0.5, 0.6) is 5.88 Å². The Labute approximate surface area is 150 Å².